The number of amides is 1. The summed E-state index contributed by atoms with van der Waals surface area (Å²) in [7, 11) is 0. The summed E-state index contributed by atoms with van der Waals surface area (Å²) in [5, 5.41) is 3.84. The fourth-order valence-electron chi connectivity index (χ4n) is 2.20. The van der Waals surface area contributed by atoms with Crippen LogP contribution in [0, 0.1) is 0 Å². The molecule has 2 heterocycles. The minimum absolute atomic E-state index is 0.0441. The van der Waals surface area contributed by atoms with Gasteiger partial charge in [0.2, 0.25) is 0 Å². The number of pyridine rings is 2. The standard InChI is InChI=1S/C19H17N3OSe/c23-19(22-13-15-6-5-10-20-12-15)17-8-1-2-9-18(17)24-14-16-7-3-4-11-21-16/h1-12H,13-14H2,(H,22,23). The number of aromatic nitrogens is 2. The van der Waals surface area contributed by atoms with Gasteiger partial charge in [-0.3, -0.25) is 0 Å². The Morgan fingerprint density at radius 3 is 2.67 bits per heavy atom. The van der Waals surface area contributed by atoms with Gasteiger partial charge in [0, 0.05) is 0 Å². The molecule has 0 spiro atoms. The van der Waals surface area contributed by atoms with E-state index in [-0.39, 0.29) is 20.9 Å². The molecular formula is C19H17N3OSe. The molecule has 0 bridgehead atoms. The molecule has 0 aliphatic rings. The molecule has 1 aromatic carbocycles. The van der Waals surface area contributed by atoms with Gasteiger partial charge in [0.1, 0.15) is 0 Å². The van der Waals surface area contributed by atoms with Gasteiger partial charge >= 0.3 is 147 Å². The maximum atomic E-state index is 12.5. The van der Waals surface area contributed by atoms with Gasteiger partial charge in [0.05, 0.1) is 0 Å². The van der Waals surface area contributed by atoms with Crippen LogP contribution < -0.4 is 9.78 Å². The first-order chi connectivity index (χ1) is 11.8. The third-order valence-electron chi connectivity index (χ3n) is 3.41. The number of benzene rings is 1. The van der Waals surface area contributed by atoms with Gasteiger partial charge in [-0.25, -0.2) is 0 Å². The molecule has 3 rings (SSSR count). The van der Waals surface area contributed by atoms with Gasteiger partial charge in [-0.15, -0.1) is 0 Å². The molecule has 0 saturated heterocycles. The second-order valence-electron chi connectivity index (χ2n) is 5.15. The van der Waals surface area contributed by atoms with Crippen molar-refractivity contribution in [3.8, 4) is 0 Å². The van der Waals surface area contributed by atoms with Crippen molar-refractivity contribution in [1.29, 1.82) is 0 Å². The van der Waals surface area contributed by atoms with Crippen LogP contribution >= 0.6 is 0 Å². The predicted octanol–water partition coefficient (Wildman–Crippen LogP) is 1.94. The van der Waals surface area contributed by atoms with E-state index in [4.69, 9.17) is 0 Å². The van der Waals surface area contributed by atoms with Crippen LogP contribution in [0.1, 0.15) is 21.6 Å². The molecule has 0 unspecified atom stereocenters. The van der Waals surface area contributed by atoms with Crippen molar-refractivity contribution in [3.05, 3.63) is 90.0 Å². The first-order valence-electron chi connectivity index (χ1n) is 7.62. The number of nitrogens with zero attached hydrogens (tertiary/aromatic N) is 2. The monoisotopic (exact) mass is 383 g/mol. The summed E-state index contributed by atoms with van der Waals surface area (Å²) in [6.45, 7) is 0.480. The molecule has 120 valence electrons. The van der Waals surface area contributed by atoms with Crippen LogP contribution in [0.2, 0.25) is 0 Å². The predicted molar refractivity (Wildman–Crippen MR) is 95.2 cm³/mol. The van der Waals surface area contributed by atoms with Gasteiger partial charge in [0.15, 0.2) is 0 Å². The summed E-state index contributed by atoms with van der Waals surface area (Å²) in [5.41, 5.74) is 2.79. The van der Waals surface area contributed by atoms with Crippen LogP contribution in [0.25, 0.3) is 0 Å². The SMILES string of the molecule is O=C(NCc1cccnc1)c1ccccc1[Se]Cc1ccccn1. The fraction of sp³-hybridized carbons (Fsp3) is 0.105. The zero-order valence-electron chi connectivity index (χ0n) is 13.1. The van der Waals surface area contributed by atoms with Gasteiger partial charge in [-0.2, -0.15) is 0 Å². The topological polar surface area (TPSA) is 54.9 Å². The molecule has 0 atom stereocenters. The van der Waals surface area contributed by atoms with Crippen molar-refractivity contribution >= 4 is 25.3 Å². The molecule has 0 aliphatic carbocycles. The van der Waals surface area contributed by atoms with Crippen LogP contribution in [0.15, 0.2) is 73.2 Å². The van der Waals surface area contributed by atoms with E-state index in [1.165, 1.54) is 0 Å². The summed E-state index contributed by atoms with van der Waals surface area (Å²) in [4.78, 5) is 20.9. The van der Waals surface area contributed by atoms with Crippen LogP contribution in [0.5, 0.6) is 0 Å². The zero-order valence-corrected chi connectivity index (χ0v) is 14.8. The molecule has 2 aromatic heterocycles. The van der Waals surface area contributed by atoms with Crippen molar-refractivity contribution < 1.29 is 4.79 Å². The van der Waals surface area contributed by atoms with E-state index in [1.54, 1.807) is 18.6 Å². The third-order valence-corrected chi connectivity index (χ3v) is 5.73. The second-order valence-corrected chi connectivity index (χ2v) is 7.28. The average Bonchev–Trinajstić information content (AvgIpc) is 2.66. The van der Waals surface area contributed by atoms with Crippen molar-refractivity contribution in [2.45, 2.75) is 11.9 Å². The zero-order chi connectivity index (χ0) is 16.6. The van der Waals surface area contributed by atoms with Gasteiger partial charge in [-0.1, -0.05) is 0 Å². The number of hydrogen-bond acceptors (Lipinski definition) is 3. The first kappa shape index (κ1) is 16.4. The minimum atomic E-state index is -0.0441. The van der Waals surface area contributed by atoms with E-state index < -0.39 is 0 Å². The molecule has 3 aromatic rings. The van der Waals surface area contributed by atoms with Crippen molar-refractivity contribution in [2.24, 2.45) is 0 Å². The number of rotatable bonds is 6. The molecule has 4 nitrogen and oxygen atoms in total. The van der Waals surface area contributed by atoms with E-state index >= 15 is 0 Å². The molecular weight excluding hydrogens is 365 g/mol. The molecule has 24 heavy (non-hydrogen) atoms. The summed E-state index contributed by atoms with van der Waals surface area (Å²) in [5.74, 6) is -0.0441. The molecule has 0 radical (unpaired) electrons. The Labute approximate surface area is 147 Å². The number of carbonyl (C=O) groups is 1. The Morgan fingerprint density at radius 2 is 1.88 bits per heavy atom. The number of hydrogen-bond donors (Lipinski definition) is 1. The van der Waals surface area contributed by atoms with Gasteiger partial charge < -0.3 is 0 Å². The van der Waals surface area contributed by atoms with Crippen molar-refractivity contribution in [3.63, 3.8) is 0 Å². The maximum absolute atomic E-state index is 12.5. The Kier molecular flexibility index (Phi) is 5.72. The summed E-state index contributed by atoms with van der Waals surface area (Å²) < 4.78 is 1.10. The number of carbonyl (C=O) groups excluding carboxylic acids is 1. The fourth-order valence-corrected chi connectivity index (χ4v) is 4.22. The average molecular weight is 382 g/mol. The summed E-state index contributed by atoms with van der Waals surface area (Å²) >= 11 is 0.163. The number of nitrogens with one attached hydrogen (secondary N) is 1. The Balaban J connectivity index is 1.65. The Hall–Kier alpha value is -2.49. The van der Waals surface area contributed by atoms with Gasteiger partial charge in [-0.05, 0) is 0 Å². The van der Waals surface area contributed by atoms with Crippen LogP contribution in [0.3, 0.4) is 0 Å². The van der Waals surface area contributed by atoms with E-state index in [0.29, 0.717) is 6.54 Å². The van der Waals surface area contributed by atoms with E-state index in [1.807, 2.05) is 54.6 Å². The molecule has 0 aliphatic heterocycles. The van der Waals surface area contributed by atoms with Crippen molar-refractivity contribution in [1.82, 2.24) is 15.3 Å². The third kappa shape index (κ3) is 4.51. The van der Waals surface area contributed by atoms with E-state index in [2.05, 4.69) is 15.3 Å². The van der Waals surface area contributed by atoms with Crippen LogP contribution in [-0.2, 0) is 11.9 Å². The molecule has 0 fully saturated rings. The Morgan fingerprint density at radius 1 is 1.00 bits per heavy atom. The van der Waals surface area contributed by atoms with Crippen molar-refractivity contribution in [2.75, 3.05) is 0 Å². The first-order valence-corrected chi connectivity index (χ1v) is 9.68. The second kappa shape index (κ2) is 8.39. The Bertz CT molecular complexity index is 794. The summed E-state index contributed by atoms with van der Waals surface area (Å²) in [6.07, 6.45) is 5.29. The summed E-state index contributed by atoms with van der Waals surface area (Å²) in [6, 6.07) is 17.5. The molecule has 5 heteroatoms. The van der Waals surface area contributed by atoms with Crippen LogP contribution in [-0.4, -0.2) is 30.8 Å². The normalized spacial score (nSPS) is 10.3. The molecule has 1 amide bonds. The van der Waals surface area contributed by atoms with Crippen LogP contribution in [0.4, 0.5) is 0 Å². The molecule has 0 saturated carbocycles. The van der Waals surface area contributed by atoms with E-state index in [0.717, 1.165) is 26.6 Å². The van der Waals surface area contributed by atoms with E-state index in [9.17, 15) is 4.79 Å². The molecule has 1 N–H and O–H groups in total. The van der Waals surface area contributed by atoms with Gasteiger partial charge in [0.25, 0.3) is 0 Å². The quantitative estimate of drug-likeness (QED) is 0.663.